The van der Waals surface area contributed by atoms with Crippen LogP contribution in [0.25, 0.3) is 0 Å². The van der Waals surface area contributed by atoms with Crippen molar-refractivity contribution in [2.24, 2.45) is 0 Å². The van der Waals surface area contributed by atoms with Crippen LogP contribution in [-0.4, -0.2) is 38.3 Å². The Morgan fingerprint density at radius 3 is 2.50 bits per heavy atom. The fraction of sp³-hybridized carbons (Fsp3) is 0.389. The Hall–Kier alpha value is -3.43. The first-order chi connectivity index (χ1) is 13.3. The second-order valence-corrected chi connectivity index (χ2v) is 6.17. The van der Waals surface area contributed by atoms with Crippen molar-refractivity contribution < 1.29 is 24.4 Å². The molecule has 2 rings (SSSR count). The number of aromatic nitrogens is 2. The Bertz CT molecular complexity index is 860. The third kappa shape index (κ3) is 5.79. The average molecular weight is 390 g/mol. The molecule has 0 aliphatic heterocycles. The molecule has 1 amide bonds. The van der Waals surface area contributed by atoms with Crippen LogP contribution in [0.5, 0.6) is 5.75 Å². The minimum atomic E-state index is -0.864. The number of carboxylic acids is 1. The van der Waals surface area contributed by atoms with E-state index in [4.69, 9.17) is 9.84 Å². The molecule has 2 N–H and O–H groups in total. The van der Waals surface area contributed by atoms with Crippen LogP contribution in [0.2, 0.25) is 0 Å². The number of carbonyl (C=O) groups excluding carboxylic acids is 1. The number of amides is 1. The number of nitrogens with zero attached hydrogens (tertiary/aromatic N) is 3. The van der Waals surface area contributed by atoms with E-state index in [1.54, 1.807) is 38.1 Å². The molecule has 10 nitrogen and oxygen atoms in total. The van der Waals surface area contributed by atoms with Gasteiger partial charge in [0.2, 0.25) is 5.91 Å². The molecule has 0 aliphatic carbocycles. The van der Waals surface area contributed by atoms with Crippen LogP contribution < -0.4 is 10.1 Å². The summed E-state index contributed by atoms with van der Waals surface area (Å²) in [5, 5.41) is 26.4. The summed E-state index contributed by atoms with van der Waals surface area (Å²) in [7, 11) is 0. The molecular weight excluding hydrogens is 368 g/mol. The largest absolute Gasteiger partial charge is 0.494 e. The quantitative estimate of drug-likeness (QED) is 0.361. The van der Waals surface area contributed by atoms with Gasteiger partial charge in [-0.05, 0) is 44.5 Å². The monoisotopic (exact) mass is 390 g/mol. The average Bonchev–Trinajstić information content (AvgIpc) is 2.92. The summed E-state index contributed by atoms with van der Waals surface area (Å²) >= 11 is 0. The van der Waals surface area contributed by atoms with E-state index < -0.39 is 10.9 Å². The molecule has 0 saturated carbocycles. The van der Waals surface area contributed by atoms with Crippen molar-refractivity contribution in [2.75, 3.05) is 11.9 Å². The number of anilines is 1. The summed E-state index contributed by atoms with van der Waals surface area (Å²) in [4.78, 5) is 33.1. The van der Waals surface area contributed by atoms with Crippen molar-refractivity contribution >= 4 is 23.3 Å². The molecule has 0 radical (unpaired) electrons. The molecule has 0 saturated heterocycles. The van der Waals surface area contributed by atoms with Gasteiger partial charge in [-0.25, -0.2) is 0 Å². The Balaban J connectivity index is 1.82. The highest BCUT2D eigenvalue weighted by molar-refractivity contribution is 5.90. The van der Waals surface area contributed by atoms with Gasteiger partial charge in [0, 0.05) is 18.5 Å². The van der Waals surface area contributed by atoms with Crippen molar-refractivity contribution in [3.8, 4) is 5.75 Å². The van der Waals surface area contributed by atoms with Crippen LogP contribution in [0.4, 0.5) is 11.4 Å². The van der Waals surface area contributed by atoms with E-state index in [-0.39, 0.29) is 31.0 Å². The van der Waals surface area contributed by atoms with Gasteiger partial charge in [-0.1, -0.05) is 0 Å². The normalized spacial score (nSPS) is 10.5. The number of hydrogen-bond donors (Lipinski definition) is 2. The number of nitrogens with one attached hydrogen (secondary N) is 1. The van der Waals surface area contributed by atoms with Crippen molar-refractivity contribution in [3.63, 3.8) is 0 Å². The molecule has 2 aromatic rings. The second kappa shape index (κ2) is 9.49. The van der Waals surface area contributed by atoms with Crippen LogP contribution in [0, 0.1) is 24.0 Å². The lowest BCUT2D eigenvalue weighted by Gasteiger charge is -2.08. The summed E-state index contributed by atoms with van der Waals surface area (Å²) in [5.41, 5.74) is 1.29. The van der Waals surface area contributed by atoms with E-state index in [1.807, 2.05) is 0 Å². The predicted molar refractivity (Wildman–Crippen MR) is 100 cm³/mol. The van der Waals surface area contributed by atoms with Crippen molar-refractivity contribution in [1.29, 1.82) is 0 Å². The van der Waals surface area contributed by atoms with Gasteiger partial charge in [-0.15, -0.1) is 0 Å². The van der Waals surface area contributed by atoms with Crippen LogP contribution in [0.15, 0.2) is 24.3 Å². The van der Waals surface area contributed by atoms with Crippen molar-refractivity contribution in [2.45, 2.75) is 39.7 Å². The lowest BCUT2D eigenvalue weighted by Crippen LogP contribution is -2.15. The van der Waals surface area contributed by atoms with Gasteiger partial charge in [0.15, 0.2) is 0 Å². The maximum Gasteiger partial charge on any atom is 0.312 e. The number of nitro groups is 1. The molecule has 1 aromatic carbocycles. The molecular formula is C18H22N4O6. The van der Waals surface area contributed by atoms with E-state index in [2.05, 4.69) is 10.4 Å². The number of aryl methyl sites for hydroxylation is 2. The van der Waals surface area contributed by atoms with Gasteiger partial charge in [-0.2, -0.15) is 5.10 Å². The first kappa shape index (κ1) is 20.9. The number of rotatable bonds is 10. The first-order valence-electron chi connectivity index (χ1n) is 8.71. The summed E-state index contributed by atoms with van der Waals surface area (Å²) in [6.07, 6.45) is 0.581. The van der Waals surface area contributed by atoms with Crippen LogP contribution in [0.1, 0.15) is 30.7 Å². The number of aliphatic carboxylic acids is 1. The van der Waals surface area contributed by atoms with Crippen LogP contribution >= 0.6 is 0 Å². The molecule has 10 heteroatoms. The number of carbonyl (C=O) groups is 2. The van der Waals surface area contributed by atoms with Gasteiger partial charge < -0.3 is 15.2 Å². The molecule has 0 atom stereocenters. The zero-order valence-electron chi connectivity index (χ0n) is 15.7. The minimum Gasteiger partial charge on any atom is -0.494 e. The van der Waals surface area contributed by atoms with E-state index in [0.717, 1.165) is 0 Å². The molecule has 0 aliphatic rings. The molecule has 0 fully saturated rings. The summed E-state index contributed by atoms with van der Waals surface area (Å²) in [5.74, 6) is -0.527. The third-order valence-corrected chi connectivity index (χ3v) is 4.02. The molecule has 150 valence electrons. The molecule has 1 aromatic heterocycles. The molecule has 0 spiro atoms. The smallest absolute Gasteiger partial charge is 0.312 e. The fourth-order valence-corrected chi connectivity index (χ4v) is 2.65. The van der Waals surface area contributed by atoms with Crippen molar-refractivity contribution in [3.05, 3.63) is 45.8 Å². The maximum absolute atomic E-state index is 12.1. The van der Waals surface area contributed by atoms with E-state index >= 15 is 0 Å². The number of benzene rings is 1. The summed E-state index contributed by atoms with van der Waals surface area (Å²) in [6, 6.07) is 6.72. The van der Waals surface area contributed by atoms with E-state index in [0.29, 0.717) is 35.9 Å². The first-order valence-corrected chi connectivity index (χ1v) is 8.71. The van der Waals surface area contributed by atoms with E-state index in [1.165, 1.54) is 4.68 Å². The van der Waals surface area contributed by atoms with Gasteiger partial charge in [-0.3, -0.25) is 24.4 Å². The zero-order chi connectivity index (χ0) is 20.7. The number of hydrogen-bond acceptors (Lipinski definition) is 6. The molecule has 1 heterocycles. The molecule has 0 unspecified atom stereocenters. The van der Waals surface area contributed by atoms with Crippen molar-refractivity contribution in [1.82, 2.24) is 9.78 Å². The molecule has 28 heavy (non-hydrogen) atoms. The lowest BCUT2D eigenvalue weighted by molar-refractivity contribution is -0.386. The van der Waals surface area contributed by atoms with Gasteiger partial charge in [0.05, 0.1) is 18.1 Å². The van der Waals surface area contributed by atoms with Gasteiger partial charge in [0.1, 0.15) is 17.1 Å². The standard InChI is InChI=1S/C18H22N4O6/c1-12-18(22(26)27)13(2)21(20-12)10-9-16(23)19-14-5-7-15(8-6-14)28-11-3-4-17(24)25/h5-8H,3-4,9-11H2,1-2H3,(H,19,23)(H,24,25). The SMILES string of the molecule is Cc1nn(CCC(=O)Nc2ccc(OCCCC(=O)O)cc2)c(C)c1[N+](=O)[O-]. The minimum absolute atomic E-state index is 0.0284. The van der Waals surface area contributed by atoms with Crippen LogP contribution in [0.3, 0.4) is 0 Å². The van der Waals surface area contributed by atoms with Gasteiger partial charge in [0.25, 0.3) is 0 Å². The summed E-state index contributed by atoms with van der Waals surface area (Å²) < 4.78 is 6.88. The zero-order valence-corrected chi connectivity index (χ0v) is 15.7. The topological polar surface area (TPSA) is 137 Å². The highest BCUT2D eigenvalue weighted by atomic mass is 16.6. The second-order valence-electron chi connectivity index (χ2n) is 6.17. The van der Waals surface area contributed by atoms with Gasteiger partial charge >= 0.3 is 11.7 Å². The number of ether oxygens (including phenoxy) is 1. The van der Waals surface area contributed by atoms with Crippen LogP contribution in [-0.2, 0) is 16.1 Å². The van der Waals surface area contributed by atoms with E-state index in [9.17, 15) is 19.7 Å². The Labute approximate surface area is 161 Å². The fourth-order valence-electron chi connectivity index (χ4n) is 2.65. The Kier molecular flexibility index (Phi) is 7.08. The molecule has 0 bridgehead atoms. The highest BCUT2D eigenvalue weighted by Gasteiger charge is 2.21. The lowest BCUT2D eigenvalue weighted by atomic mass is 10.3. The summed E-state index contributed by atoms with van der Waals surface area (Å²) in [6.45, 7) is 3.70. The third-order valence-electron chi connectivity index (χ3n) is 4.02. The maximum atomic E-state index is 12.1. The Morgan fingerprint density at radius 1 is 1.25 bits per heavy atom. The predicted octanol–water partition coefficient (Wildman–Crippen LogP) is 2.68. The Morgan fingerprint density at radius 2 is 1.93 bits per heavy atom. The highest BCUT2D eigenvalue weighted by Crippen LogP contribution is 2.22. The number of carboxylic acid groups (broad SMARTS) is 1.